The minimum atomic E-state index is -0.197. The van der Waals surface area contributed by atoms with Crippen molar-refractivity contribution in [1.29, 1.82) is 0 Å². The van der Waals surface area contributed by atoms with Gasteiger partial charge in [0, 0.05) is 45.0 Å². The summed E-state index contributed by atoms with van der Waals surface area (Å²) in [5.74, 6) is 0. The average molecular weight is 1130 g/mol. The molecule has 0 heterocycles. The Kier molecular flexibility index (Phi) is 13.4. The predicted molar refractivity (Wildman–Crippen MR) is 377 cm³/mol. The van der Waals surface area contributed by atoms with Crippen molar-refractivity contribution in [3.8, 4) is 44.5 Å². The molecule has 2 nitrogen and oxygen atoms in total. The lowest BCUT2D eigenvalue weighted by Crippen LogP contribution is -2.16. The van der Waals surface area contributed by atoms with Crippen molar-refractivity contribution in [2.45, 2.75) is 52.4 Å². The summed E-state index contributed by atoms with van der Waals surface area (Å²) < 4.78 is 0. The number of nitrogens with zero attached hydrogens (tertiary/aromatic N) is 2. The fourth-order valence-electron chi connectivity index (χ4n) is 13.7. The van der Waals surface area contributed by atoms with Gasteiger partial charge in [0.05, 0.1) is 0 Å². The molecule has 0 aliphatic heterocycles. The quantitative estimate of drug-likeness (QED) is 0.113. The van der Waals surface area contributed by atoms with Gasteiger partial charge in [-0.05, 0) is 209 Å². The van der Waals surface area contributed by atoms with Crippen molar-refractivity contribution in [1.82, 2.24) is 0 Å². The molecule has 422 valence electrons. The van der Waals surface area contributed by atoms with Crippen LogP contribution in [0.4, 0.5) is 34.1 Å². The smallest absolute Gasteiger partial charge is 0.0465 e. The Hall–Kier alpha value is -10.5. The lowest BCUT2D eigenvalue weighted by atomic mass is 9.81. The number of hydrogen-bond acceptors (Lipinski definition) is 2. The summed E-state index contributed by atoms with van der Waals surface area (Å²) in [6.07, 6.45) is 8.99. The molecule has 2 heteroatoms. The Bertz CT molecular complexity index is 4570. The van der Waals surface area contributed by atoms with Gasteiger partial charge in [-0.3, -0.25) is 0 Å². The summed E-state index contributed by atoms with van der Waals surface area (Å²) in [4.78, 5) is 4.80. The highest BCUT2D eigenvalue weighted by atomic mass is 15.1. The van der Waals surface area contributed by atoms with Gasteiger partial charge in [0.15, 0.2) is 0 Å². The molecule has 0 bridgehead atoms. The zero-order chi connectivity index (χ0) is 59.7. The molecule has 15 rings (SSSR count). The lowest BCUT2D eigenvalue weighted by molar-refractivity contribution is 0.660. The van der Waals surface area contributed by atoms with Crippen LogP contribution in [-0.2, 0) is 10.8 Å². The van der Waals surface area contributed by atoms with Gasteiger partial charge >= 0.3 is 0 Å². The third-order valence-electron chi connectivity index (χ3n) is 18.8. The lowest BCUT2D eigenvalue weighted by Gasteiger charge is -2.28. The SMILES string of the molecule is Cc1ccc(N(c2ccc(-c3ccc4ccccc4c3)cc2)c2ccc3c(c2)C(C)(C)c2cc(/C=C/c4ccc(/C=C/c5ccc6c(c5)C(C)(C)c5cc(N(c7ccc(C)cc7)c7ccc(-c8ccc9ccccc9c8)cc7)ccc5-6)cc4)ccc2-3)cc1. The average Bonchev–Trinajstić information content (AvgIpc) is 1.70. The maximum Gasteiger partial charge on any atom is 0.0465 e. The molecular formula is C86H68N2. The summed E-state index contributed by atoms with van der Waals surface area (Å²) in [7, 11) is 0. The minimum absolute atomic E-state index is 0.197. The summed E-state index contributed by atoms with van der Waals surface area (Å²) in [6, 6.07) is 103. The molecule has 0 radical (unpaired) electrons. The molecular weight excluding hydrogens is 1060 g/mol. The third-order valence-corrected chi connectivity index (χ3v) is 18.8. The molecule has 88 heavy (non-hydrogen) atoms. The van der Waals surface area contributed by atoms with Crippen LogP contribution < -0.4 is 9.80 Å². The van der Waals surface area contributed by atoms with E-state index in [0.717, 1.165) is 34.1 Å². The van der Waals surface area contributed by atoms with Gasteiger partial charge in [0.1, 0.15) is 0 Å². The number of aryl methyl sites for hydroxylation is 2. The van der Waals surface area contributed by atoms with Crippen LogP contribution in [0.5, 0.6) is 0 Å². The van der Waals surface area contributed by atoms with Crippen LogP contribution in [0.3, 0.4) is 0 Å². The Balaban J connectivity index is 0.640. The number of anilines is 6. The molecule has 0 fully saturated rings. The van der Waals surface area contributed by atoms with Crippen molar-refractivity contribution in [2.24, 2.45) is 0 Å². The summed E-state index contributed by atoms with van der Waals surface area (Å²) >= 11 is 0. The first-order valence-corrected chi connectivity index (χ1v) is 30.9. The highest BCUT2D eigenvalue weighted by Gasteiger charge is 2.38. The van der Waals surface area contributed by atoms with E-state index in [0.29, 0.717) is 0 Å². The number of fused-ring (bicyclic) bond motifs is 8. The van der Waals surface area contributed by atoms with Gasteiger partial charge in [-0.15, -0.1) is 0 Å². The topological polar surface area (TPSA) is 6.48 Å². The van der Waals surface area contributed by atoms with Crippen LogP contribution in [-0.4, -0.2) is 0 Å². The van der Waals surface area contributed by atoms with Crippen molar-refractivity contribution in [3.05, 3.63) is 335 Å². The largest absolute Gasteiger partial charge is 0.310 e. The Morgan fingerprint density at radius 2 is 0.523 bits per heavy atom. The van der Waals surface area contributed by atoms with Gasteiger partial charge in [-0.2, -0.15) is 0 Å². The second-order valence-electron chi connectivity index (χ2n) is 25.2. The molecule has 0 N–H and O–H groups in total. The molecule has 0 amide bonds. The van der Waals surface area contributed by atoms with Crippen molar-refractivity contribution in [3.63, 3.8) is 0 Å². The Morgan fingerprint density at radius 3 is 0.898 bits per heavy atom. The maximum absolute atomic E-state index is 2.42. The van der Waals surface area contributed by atoms with Crippen LogP contribution in [0.1, 0.15) is 83.3 Å². The van der Waals surface area contributed by atoms with E-state index in [4.69, 9.17) is 0 Å². The van der Waals surface area contributed by atoms with E-state index < -0.39 is 0 Å². The molecule has 2 aliphatic rings. The monoisotopic (exact) mass is 1130 g/mol. The summed E-state index contributed by atoms with van der Waals surface area (Å²) in [5.41, 5.74) is 29.1. The van der Waals surface area contributed by atoms with E-state index in [1.807, 2.05) is 0 Å². The minimum Gasteiger partial charge on any atom is -0.310 e. The van der Waals surface area contributed by atoms with Gasteiger partial charge < -0.3 is 9.80 Å². The fourth-order valence-corrected chi connectivity index (χ4v) is 13.7. The molecule has 0 saturated carbocycles. The first-order chi connectivity index (χ1) is 42.9. The van der Waals surface area contributed by atoms with E-state index in [-0.39, 0.29) is 10.8 Å². The van der Waals surface area contributed by atoms with Gasteiger partial charge in [-0.25, -0.2) is 0 Å². The molecule has 0 atom stereocenters. The van der Waals surface area contributed by atoms with Crippen LogP contribution in [0.25, 0.3) is 90.4 Å². The highest BCUT2D eigenvalue weighted by molar-refractivity contribution is 5.92. The number of hydrogen-bond donors (Lipinski definition) is 0. The van der Waals surface area contributed by atoms with E-state index >= 15 is 0 Å². The molecule has 13 aromatic carbocycles. The van der Waals surface area contributed by atoms with Crippen molar-refractivity contribution in [2.75, 3.05) is 9.80 Å². The van der Waals surface area contributed by atoms with E-state index in [2.05, 4.69) is 355 Å². The predicted octanol–water partition coefficient (Wildman–Crippen LogP) is 23.8. The summed E-state index contributed by atoms with van der Waals surface area (Å²) in [5, 5.41) is 5.02. The molecule has 0 unspecified atom stereocenters. The first-order valence-electron chi connectivity index (χ1n) is 30.9. The maximum atomic E-state index is 2.42. The zero-order valence-corrected chi connectivity index (χ0v) is 50.8. The molecule has 0 saturated heterocycles. The van der Waals surface area contributed by atoms with E-state index in [9.17, 15) is 0 Å². The third kappa shape index (κ3) is 9.91. The van der Waals surface area contributed by atoms with E-state index in [1.54, 1.807) is 0 Å². The number of rotatable bonds is 12. The fraction of sp³-hybridized carbons (Fsp3) is 0.0930. The summed E-state index contributed by atoms with van der Waals surface area (Å²) in [6.45, 7) is 13.8. The van der Waals surface area contributed by atoms with Crippen molar-refractivity contribution >= 4 is 80.0 Å². The first kappa shape index (κ1) is 54.1. The van der Waals surface area contributed by atoms with Crippen LogP contribution in [0, 0.1) is 13.8 Å². The zero-order valence-electron chi connectivity index (χ0n) is 50.8. The van der Waals surface area contributed by atoms with Gasteiger partial charge in [-0.1, -0.05) is 257 Å². The molecule has 2 aliphatic carbocycles. The number of benzene rings is 13. The van der Waals surface area contributed by atoms with Crippen LogP contribution in [0.15, 0.2) is 279 Å². The van der Waals surface area contributed by atoms with Crippen LogP contribution >= 0.6 is 0 Å². The van der Waals surface area contributed by atoms with Crippen molar-refractivity contribution < 1.29 is 0 Å². The molecule has 13 aromatic rings. The Labute approximate surface area is 518 Å². The van der Waals surface area contributed by atoms with Gasteiger partial charge in [0.2, 0.25) is 0 Å². The molecule has 0 spiro atoms. The normalized spacial score (nSPS) is 13.4. The highest BCUT2D eigenvalue weighted by Crippen LogP contribution is 2.53. The van der Waals surface area contributed by atoms with Gasteiger partial charge in [0.25, 0.3) is 0 Å². The van der Waals surface area contributed by atoms with Crippen LogP contribution in [0.2, 0.25) is 0 Å². The van der Waals surface area contributed by atoms with E-state index in [1.165, 1.54) is 122 Å². The second-order valence-corrected chi connectivity index (χ2v) is 25.2. The standard InChI is InChI=1S/C86H68N2/c1-57-15-37-71(38-16-57)87(73-41-33-65(34-42-73)69-31-29-63-11-7-9-13-67(63)53-69)75-45-49-79-77-47-27-61(51-81(77)85(3,4)83(79)55-75)25-23-59-19-21-60(22-20-59)24-26-62-28-48-78-80-50-46-76(56-84(80)86(5,6)82(78)52-62)88(72-39-17-58(2)18-40-72)74-43-35-66(36-44-74)70-32-30-64-12-8-10-14-68(64)54-70/h7-56H,1-6H3/b25-23+,26-24+. The molecule has 0 aromatic heterocycles. The Morgan fingerprint density at radius 1 is 0.239 bits per heavy atom. The second kappa shape index (κ2) is 21.8.